The summed E-state index contributed by atoms with van der Waals surface area (Å²) in [4.78, 5) is 10.9. The third kappa shape index (κ3) is 2.72. The van der Waals surface area contributed by atoms with Crippen LogP contribution in [-0.4, -0.2) is 27.4 Å². The standard InChI is InChI=1S/C15H19N3O2/c1-4-16-9-14-10(2)17-18(11(14)3)13-7-5-12(6-8-13)15(19)20/h5-8,16H,4,9H2,1-3H3,(H,19,20). The topological polar surface area (TPSA) is 67.2 Å². The normalized spacial score (nSPS) is 10.8. The Bertz CT molecular complexity index is 615. The van der Waals surface area contributed by atoms with E-state index in [1.165, 1.54) is 5.56 Å². The lowest BCUT2D eigenvalue weighted by Crippen LogP contribution is -2.13. The number of aromatic carboxylic acids is 1. The summed E-state index contributed by atoms with van der Waals surface area (Å²) in [7, 11) is 0. The van der Waals surface area contributed by atoms with Gasteiger partial charge >= 0.3 is 5.97 Å². The third-order valence-electron chi connectivity index (χ3n) is 3.35. The molecule has 2 rings (SSSR count). The van der Waals surface area contributed by atoms with Crippen molar-refractivity contribution in [3.63, 3.8) is 0 Å². The van der Waals surface area contributed by atoms with E-state index >= 15 is 0 Å². The lowest BCUT2D eigenvalue weighted by molar-refractivity contribution is 0.0697. The lowest BCUT2D eigenvalue weighted by Gasteiger charge is -2.06. The van der Waals surface area contributed by atoms with Gasteiger partial charge in [-0.1, -0.05) is 6.92 Å². The molecule has 0 aliphatic heterocycles. The van der Waals surface area contributed by atoms with E-state index in [0.29, 0.717) is 0 Å². The number of carboxylic acid groups (broad SMARTS) is 1. The van der Waals surface area contributed by atoms with E-state index in [1.807, 2.05) is 18.5 Å². The number of rotatable bonds is 5. The van der Waals surface area contributed by atoms with E-state index in [9.17, 15) is 4.79 Å². The van der Waals surface area contributed by atoms with Crippen molar-refractivity contribution in [2.24, 2.45) is 0 Å². The molecule has 0 atom stereocenters. The molecule has 0 saturated heterocycles. The molecule has 0 aliphatic carbocycles. The minimum absolute atomic E-state index is 0.281. The second kappa shape index (κ2) is 5.88. The molecule has 2 aromatic rings. The first kappa shape index (κ1) is 14.3. The maximum absolute atomic E-state index is 10.9. The highest BCUT2D eigenvalue weighted by Gasteiger charge is 2.12. The Morgan fingerprint density at radius 2 is 1.95 bits per heavy atom. The van der Waals surface area contributed by atoms with E-state index in [2.05, 4.69) is 17.3 Å². The molecule has 0 amide bonds. The largest absolute Gasteiger partial charge is 0.478 e. The molecule has 0 fully saturated rings. The summed E-state index contributed by atoms with van der Waals surface area (Å²) >= 11 is 0. The van der Waals surface area contributed by atoms with Gasteiger partial charge in [0.05, 0.1) is 16.9 Å². The zero-order chi connectivity index (χ0) is 14.7. The molecule has 0 saturated carbocycles. The molecule has 5 heteroatoms. The highest BCUT2D eigenvalue weighted by molar-refractivity contribution is 5.87. The highest BCUT2D eigenvalue weighted by Crippen LogP contribution is 2.18. The Labute approximate surface area is 118 Å². The maximum atomic E-state index is 10.9. The van der Waals surface area contributed by atoms with E-state index in [4.69, 9.17) is 5.11 Å². The van der Waals surface area contributed by atoms with Crippen LogP contribution in [0.25, 0.3) is 5.69 Å². The second-order valence-electron chi connectivity index (χ2n) is 4.69. The van der Waals surface area contributed by atoms with Gasteiger partial charge in [0.2, 0.25) is 0 Å². The number of carboxylic acids is 1. The molecule has 2 N–H and O–H groups in total. The van der Waals surface area contributed by atoms with Crippen LogP contribution in [0.1, 0.15) is 34.2 Å². The molecule has 1 aromatic heterocycles. The molecule has 0 bridgehead atoms. The number of hydrogen-bond acceptors (Lipinski definition) is 3. The number of benzene rings is 1. The van der Waals surface area contributed by atoms with Gasteiger partial charge in [0, 0.05) is 17.8 Å². The zero-order valence-corrected chi connectivity index (χ0v) is 12.0. The maximum Gasteiger partial charge on any atom is 0.335 e. The first-order valence-electron chi connectivity index (χ1n) is 6.64. The molecule has 0 spiro atoms. The Balaban J connectivity index is 2.35. The number of carbonyl (C=O) groups is 1. The van der Waals surface area contributed by atoms with Gasteiger partial charge in [-0.2, -0.15) is 5.10 Å². The van der Waals surface area contributed by atoms with Gasteiger partial charge in [0.15, 0.2) is 0 Å². The van der Waals surface area contributed by atoms with Crippen molar-refractivity contribution in [3.05, 3.63) is 46.8 Å². The summed E-state index contributed by atoms with van der Waals surface area (Å²) in [5.74, 6) is -0.919. The lowest BCUT2D eigenvalue weighted by atomic mass is 10.2. The van der Waals surface area contributed by atoms with Crippen LogP contribution in [0.15, 0.2) is 24.3 Å². The van der Waals surface area contributed by atoms with E-state index in [1.54, 1.807) is 24.3 Å². The van der Waals surface area contributed by atoms with Crippen LogP contribution in [-0.2, 0) is 6.54 Å². The first-order chi connectivity index (χ1) is 9.54. The molecule has 1 aromatic carbocycles. The van der Waals surface area contributed by atoms with Crippen molar-refractivity contribution in [2.75, 3.05) is 6.54 Å². The van der Waals surface area contributed by atoms with Crippen molar-refractivity contribution < 1.29 is 9.90 Å². The molecule has 0 unspecified atom stereocenters. The van der Waals surface area contributed by atoms with Crippen LogP contribution in [0.2, 0.25) is 0 Å². The quantitative estimate of drug-likeness (QED) is 0.877. The number of nitrogens with zero attached hydrogens (tertiary/aromatic N) is 2. The van der Waals surface area contributed by atoms with Gasteiger partial charge in [-0.3, -0.25) is 0 Å². The van der Waals surface area contributed by atoms with Crippen LogP contribution < -0.4 is 5.32 Å². The zero-order valence-electron chi connectivity index (χ0n) is 12.0. The van der Waals surface area contributed by atoms with E-state index in [0.717, 1.165) is 30.2 Å². The SMILES string of the molecule is CCNCc1c(C)nn(-c2ccc(C(=O)O)cc2)c1C. The third-order valence-corrected chi connectivity index (χ3v) is 3.35. The summed E-state index contributed by atoms with van der Waals surface area (Å²) in [6.45, 7) is 7.79. The number of aryl methyl sites for hydroxylation is 1. The summed E-state index contributed by atoms with van der Waals surface area (Å²) in [5.41, 5.74) is 4.41. The van der Waals surface area contributed by atoms with Crippen molar-refractivity contribution in [1.82, 2.24) is 15.1 Å². The summed E-state index contributed by atoms with van der Waals surface area (Å²) < 4.78 is 1.85. The summed E-state index contributed by atoms with van der Waals surface area (Å²) in [5, 5.41) is 16.8. The van der Waals surface area contributed by atoms with Crippen molar-refractivity contribution >= 4 is 5.97 Å². The molecular weight excluding hydrogens is 254 g/mol. The minimum Gasteiger partial charge on any atom is -0.478 e. The van der Waals surface area contributed by atoms with Gasteiger partial charge in [0.1, 0.15) is 0 Å². The Kier molecular flexibility index (Phi) is 4.20. The molecule has 5 nitrogen and oxygen atoms in total. The minimum atomic E-state index is -0.919. The Morgan fingerprint density at radius 1 is 1.30 bits per heavy atom. The average Bonchev–Trinajstić information content (AvgIpc) is 2.72. The molecule has 0 aliphatic rings. The van der Waals surface area contributed by atoms with E-state index in [-0.39, 0.29) is 5.56 Å². The number of aromatic nitrogens is 2. The first-order valence-corrected chi connectivity index (χ1v) is 6.64. The predicted octanol–water partition coefficient (Wildman–Crippen LogP) is 2.30. The van der Waals surface area contributed by atoms with Crippen molar-refractivity contribution in [1.29, 1.82) is 0 Å². The molecule has 106 valence electrons. The fraction of sp³-hybridized carbons (Fsp3) is 0.333. The summed E-state index contributed by atoms with van der Waals surface area (Å²) in [6, 6.07) is 6.75. The number of hydrogen-bond donors (Lipinski definition) is 2. The van der Waals surface area contributed by atoms with Gasteiger partial charge in [-0.25, -0.2) is 9.48 Å². The van der Waals surface area contributed by atoms with Crippen LogP contribution in [0, 0.1) is 13.8 Å². The van der Waals surface area contributed by atoms with Crippen molar-refractivity contribution in [2.45, 2.75) is 27.3 Å². The monoisotopic (exact) mass is 273 g/mol. The van der Waals surface area contributed by atoms with Crippen LogP contribution >= 0.6 is 0 Å². The van der Waals surface area contributed by atoms with Crippen LogP contribution in [0.4, 0.5) is 0 Å². The summed E-state index contributed by atoms with van der Waals surface area (Å²) in [6.07, 6.45) is 0. The van der Waals surface area contributed by atoms with E-state index < -0.39 is 5.97 Å². The molecule has 20 heavy (non-hydrogen) atoms. The van der Waals surface area contributed by atoms with Gasteiger partial charge < -0.3 is 10.4 Å². The smallest absolute Gasteiger partial charge is 0.335 e. The Hall–Kier alpha value is -2.14. The molecule has 0 radical (unpaired) electrons. The fourth-order valence-electron chi connectivity index (χ4n) is 2.18. The molecular formula is C15H19N3O2. The number of nitrogens with one attached hydrogen (secondary N) is 1. The predicted molar refractivity (Wildman–Crippen MR) is 77.4 cm³/mol. The molecule has 1 heterocycles. The van der Waals surface area contributed by atoms with Gasteiger partial charge in [-0.15, -0.1) is 0 Å². The van der Waals surface area contributed by atoms with Crippen molar-refractivity contribution in [3.8, 4) is 5.69 Å². The highest BCUT2D eigenvalue weighted by atomic mass is 16.4. The Morgan fingerprint density at radius 3 is 2.50 bits per heavy atom. The average molecular weight is 273 g/mol. The second-order valence-corrected chi connectivity index (χ2v) is 4.69. The van der Waals surface area contributed by atoms with Gasteiger partial charge in [-0.05, 0) is 44.7 Å². The van der Waals surface area contributed by atoms with Crippen LogP contribution in [0.3, 0.4) is 0 Å². The van der Waals surface area contributed by atoms with Crippen LogP contribution in [0.5, 0.6) is 0 Å². The fourth-order valence-corrected chi connectivity index (χ4v) is 2.18. The van der Waals surface area contributed by atoms with Gasteiger partial charge in [0.25, 0.3) is 0 Å².